The number of hydrogen-bond donors (Lipinski definition) is 1. The molecule has 0 spiro atoms. The van der Waals surface area contributed by atoms with Crippen LogP contribution in [0.15, 0.2) is 0 Å². The third-order valence-electron chi connectivity index (χ3n) is 3.49. The zero-order valence-electron chi connectivity index (χ0n) is 11.6. The summed E-state index contributed by atoms with van der Waals surface area (Å²) in [5.41, 5.74) is 5.66. The second-order valence-electron chi connectivity index (χ2n) is 6.52. The maximum Gasteiger partial charge on any atom is 0.326 e. The molecule has 0 amide bonds. The van der Waals surface area contributed by atoms with Crippen LogP contribution in [0.3, 0.4) is 0 Å². The number of carbonyl (C=O) groups excluding carboxylic acids is 1. The van der Waals surface area contributed by atoms with E-state index in [-0.39, 0.29) is 11.4 Å². The molecule has 3 heteroatoms. The maximum atomic E-state index is 12.0. The maximum absolute atomic E-state index is 12.0. The Morgan fingerprint density at radius 1 is 1.18 bits per heavy atom. The molecule has 3 nitrogen and oxygen atoms in total. The topological polar surface area (TPSA) is 52.3 Å². The van der Waals surface area contributed by atoms with Gasteiger partial charge in [0.2, 0.25) is 0 Å². The van der Waals surface area contributed by atoms with Crippen LogP contribution >= 0.6 is 0 Å². The summed E-state index contributed by atoms with van der Waals surface area (Å²) >= 11 is 0. The quantitative estimate of drug-likeness (QED) is 0.610. The van der Waals surface area contributed by atoms with Gasteiger partial charge >= 0.3 is 5.97 Å². The first-order valence-electron chi connectivity index (χ1n) is 6.80. The lowest BCUT2D eigenvalue weighted by atomic mass is 9.91. The van der Waals surface area contributed by atoms with E-state index in [1.807, 2.05) is 0 Å². The van der Waals surface area contributed by atoms with Gasteiger partial charge in [-0.2, -0.15) is 0 Å². The Balaban J connectivity index is 2.39. The van der Waals surface area contributed by atoms with E-state index in [0.29, 0.717) is 6.61 Å². The van der Waals surface area contributed by atoms with Gasteiger partial charge < -0.3 is 10.5 Å². The van der Waals surface area contributed by atoms with E-state index >= 15 is 0 Å². The van der Waals surface area contributed by atoms with Crippen LogP contribution in [0, 0.1) is 5.41 Å². The van der Waals surface area contributed by atoms with Crippen molar-refractivity contribution in [3.05, 3.63) is 0 Å². The average molecular weight is 241 g/mol. The van der Waals surface area contributed by atoms with Gasteiger partial charge in [-0.3, -0.25) is 4.79 Å². The van der Waals surface area contributed by atoms with Crippen LogP contribution in [0.2, 0.25) is 0 Å². The van der Waals surface area contributed by atoms with Gasteiger partial charge in [0.1, 0.15) is 5.54 Å². The molecule has 0 radical (unpaired) electrons. The molecule has 1 saturated carbocycles. The lowest BCUT2D eigenvalue weighted by molar-refractivity contribution is -0.151. The Hall–Kier alpha value is -0.570. The Bertz CT molecular complexity index is 247. The summed E-state index contributed by atoms with van der Waals surface area (Å²) < 4.78 is 5.35. The molecule has 0 aromatic heterocycles. The molecule has 1 rings (SSSR count). The normalized spacial score (nSPS) is 20.7. The Labute approximate surface area is 105 Å². The predicted molar refractivity (Wildman–Crippen MR) is 69.7 cm³/mol. The smallest absolute Gasteiger partial charge is 0.326 e. The molecule has 0 aromatic rings. The fourth-order valence-electron chi connectivity index (χ4n) is 2.16. The van der Waals surface area contributed by atoms with Gasteiger partial charge in [0, 0.05) is 0 Å². The van der Waals surface area contributed by atoms with E-state index in [1.54, 1.807) is 0 Å². The van der Waals surface area contributed by atoms with Gasteiger partial charge in [-0.1, -0.05) is 46.5 Å². The lowest BCUT2D eigenvalue weighted by Crippen LogP contribution is -2.48. The van der Waals surface area contributed by atoms with Crippen LogP contribution in [0.1, 0.15) is 65.7 Å². The predicted octanol–water partition coefficient (Wildman–Crippen LogP) is 3.02. The molecular weight excluding hydrogens is 214 g/mol. The van der Waals surface area contributed by atoms with Gasteiger partial charge in [0.25, 0.3) is 0 Å². The Morgan fingerprint density at radius 3 is 2.18 bits per heavy atom. The van der Waals surface area contributed by atoms with Crippen LogP contribution in [-0.4, -0.2) is 18.1 Å². The van der Waals surface area contributed by atoms with Crippen LogP contribution in [0.25, 0.3) is 0 Å². The lowest BCUT2D eigenvalue weighted by Gasteiger charge is -2.26. The molecule has 17 heavy (non-hydrogen) atoms. The van der Waals surface area contributed by atoms with Crippen LogP contribution in [-0.2, 0) is 9.53 Å². The first-order chi connectivity index (χ1) is 7.83. The third kappa shape index (κ3) is 5.07. The van der Waals surface area contributed by atoms with E-state index < -0.39 is 5.54 Å². The Morgan fingerprint density at radius 2 is 1.71 bits per heavy atom. The minimum Gasteiger partial charge on any atom is -0.464 e. The van der Waals surface area contributed by atoms with Gasteiger partial charge in [0.15, 0.2) is 0 Å². The number of ether oxygens (including phenoxy) is 1. The Kier molecular flexibility index (Phi) is 4.99. The van der Waals surface area contributed by atoms with Crippen molar-refractivity contribution in [3.63, 3.8) is 0 Å². The molecule has 0 saturated heterocycles. The molecular formula is C14H27NO2. The molecule has 100 valence electrons. The molecule has 2 N–H and O–H groups in total. The SMILES string of the molecule is CC(C)(C)CCOC(=O)C1(N)CCCCCC1. The molecule has 1 fully saturated rings. The van der Waals surface area contributed by atoms with Crippen molar-refractivity contribution in [3.8, 4) is 0 Å². The van der Waals surface area contributed by atoms with E-state index in [0.717, 1.165) is 32.1 Å². The number of esters is 1. The molecule has 0 heterocycles. The summed E-state index contributed by atoms with van der Waals surface area (Å²) in [6.45, 7) is 6.92. The van der Waals surface area contributed by atoms with Crippen LogP contribution in [0.5, 0.6) is 0 Å². The third-order valence-corrected chi connectivity index (χ3v) is 3.49. The van der Waals surface area contributed by atoms with E-state index in [9.17, 15) is 4.79 Å². The van der Waals surface area contributed by atoms with Crippen molar-refractivity contribution in [1.29, 1.82) is 0 Å². The highest BCUT2D eigenvalue weighted by Gasteiger charge is 2.35. The summed E-state index contributed by atoms with van der Waals surface area (Å²) in [5.74, 6) is -0.191. The second-order valence-corrected chi connectivity index (χ2v) is 6.52. The van der Waals surface area contributed by atoms with Gasteiger partial charge in [-0.05, 0) is 24.7 Å². The van der Waals surface area contributed by atoms with E-state index in [2.05, 4.69) is 20.8 Å². The number of carbonyl (C=O) groups is 1. The van der Waals surface area contributed by atoms with Gasteiger partial charge in [-0.25, -0.2) is 0 Å². The average Bonchev–Trinajstić information content (AvgIpc) is 2.42. The summed E-state index contributed by atoms with van der Waals surface area (Å²) in [6, 6.07) is 0. The monoisotopic (exact) mass is 241 g/mol. The minimum atomic E-state index is -0.714. The summed E-state index contributed by atoms with van der Waals surface area (Å²) in [5, 5.41) is 0. The minimum absolute atomic E-state index is 0.191. The molecule has 0 aliphatic heterocycles. The molecule has 0 bridgehead atoms. The number of nitrogens with two attached hydrogens (primary N) is 1. The summed E-state index contributed by atoms with van der Waals surface area (Å²) in [4.78, 5) is 12.0. The number of hydrogen-bond acceptors (Lipinski definition) is 3. The van der Waals surface area contributed by atoms with Crippen molar-refractivity contribution in [2.45, 2.75) is 71.3 Å². The van der Waals surface area contributed by atoms with Crippen molar-refractivity contribution in [2.24, 2.45) is 11.1 Å². The largest absolute Gasteiger partial charge is 0.464 e. The fraction of sp³-hybridized carbons (Fsp3) is 0.929. The first kappa shape index (κ1) is 14.5. The van der Waals surface area contributed by atoms with Gasteiger partial charge in [-0.15, -0.1) is 0 Å². The fourth-order valence-corrected chi connectivity index (χ4v) is 2.16. The van der Waals surface area contributed by atoms with E-state index in [4.69, 9.17) is 10.5 Å². The summed E-state index contributed by atoms with van der Waals surface area (Å²) in [7, 11) is 0. The van der Waals surface area contributed by atoms with Crippen molar-refractivity contribution >= 4 is 5.97 Å². The zero-order valence-corrected chi connectivity index (χ0v) is 11.6. The molecule has 1 aliphatic rings. The highest BCUT2D eigenvalue weighted by atomic mass is 16.5. The number of rotatable bonds is 3. The molecule has 0 aromatic carbocycles. The zero-order chi connectivity index (χ0) is 12.9. The van der Waals surface area contributed by atoms with Crippen LogP contribution < -0.4 is 5.73 Å². The first-order valence-corrected chi connectivity index (χ1v) is 6.80. The van der Waals surface area contributed by atoms with Gasteiger partial charge in [0.05, 0.1) is 6.61 Å². The standard InChI is InChI=1S/C14H27NO2/c1-13(2,3)10-11-17-12(16)14(15)8-6-4-5-7-9-14/h4-11,15H2,1-3H3. The van der Waals surface area contributed by atoms with Crippen molar-refractivity contribution < 1.29 is 9.53 Å². The molecule has 0 unspecified atom stereocenters. The van der Waals surface area contributed by atoms with E-state index in [1.165, 1.54) is 12.8 Å². The van der Waals surface area contributed by atoms with Crippen molar-refractivity contribution in [2.75, 3.05) is 6.61 Å². The molecule has 0 atom stereocenters. The highest BCUT2D eigenvalue weighted by Crippen LogP contribution is 2.26. The highest BCUT2D eigenvalue weighted by molar-refractivity contribution is 5.80. The molecule has 1 aliphatic carbocycles. The second kappa shape index (κ2) is 5.85. The summed E-state index contributed by atoms with van der Waals surface area (Å²) in [6.07, 6.45) is 6.91. The van der Waals surface area contributed by atoms with Crippen LogP contribution in [0.4, 0.5) is 0 Å². The van der Waals surface area contributed by atoms with Crippen molar-refractivity contribution in [1.82, 2.24) is 0 Å².